The van der Waals surface area contributed by atoms with E-state index in [2.05, 4.69) is 27.7 Å². The number of rotatable bonds is 6. The SMILES string of the molecule is CCCC(C)CC(C(C)=O)C(C)C. The van der Waals surface area contributed by atoms with E-state index in [4.69, 9.17) is 0 Å². The topological polar surface area (TPSA) is 17.1 Å². The quantitative estimate of drug-likeness (QED) is 0.615. The summed E-state index contributed by atoms with van der Waals surface area (Å²) in [6, 6.07) is 0. The van der Waals surface area contributed by atoms with Gasteiger partial charge < -0.3 is 0 Å². The number of carbonyl (C=O) groups is 1. The Hall–Kier alpha value is -0.330. The molecule has 0 fully saturated rings. The minimum Gasteiger partial charge on any atom is -0.300 e. The van der Waals surface area contributed by atoms with Crippen LogP contribution in [0, 0.1) is 17.8 Å². The van der Waals surface area contributed by atoms with Crippen molar-refractivity contribution >= 4 is 5.78 Å². The first-order valence-electron chi connectivity index (χ1n) is 5.49. The van der Waals surface area contributed by atoms with Gasteiger partial charge in [0, 0.05) is 5.92 Å². The predicted molar refractivity (Wildman–Crippen MR) is 57.7 cm³/mol. The average Bonchev–Trinajstić information content (AvgIpc) is 1.99. The first-order valence-corrected chi connectivity index (χ1v) is 5.49. The van der Waals surface area contributed by atoms with Crippen molar-refractivity contribution in [1.29, 1.82) is 0 Å². The van der Waals surface area contributed by atoms with Crippen LogP contribution in [0.15, 0.2) is 0 Å². The van der Waals surface area contributed by atoms with Gasteiger partial charge in [-0.05, 0) is 25.2 Å². The molecule has 13 heavy (non-hydrogen) atoms. The van der Waals surface area contributed by atoms with Gasteiger partial charge in [0.2, 0.25) is 0 Å². The molecule has 0 aliphatic carbocycles. The highest BCUT2D eigenvalue weighted by molar-refractivity contribution is 5.78. The minimum atomic E-state index is 0.279. The monoisotopic (exact) mass is 184 g/mol. The third kappa shape index (κ3) is 5.07. The van der Waals surface area contributed by atoms with Crippen LogP contribution in [0.2, 0.25) is 0 Å². The Morgan fingerprint density at radius 1 is 1.23 bits per heavy atom. The van der Waals surface area contributed by atoms with E-state index in [-0.39, 0.29) is 5.92 Å². The summed E-state index contributed by atoms with van der Waals surface area (Å²) in [5.74, 6) is 1.83. The molecule has 0 heterocycles. The van der Waals surface area contributed by atoms with Crippen LogP contribution in [0.4, 0.5) is 0 Å². The molecule has 0 saturated heterocycles. The zero-order chi connectivity index (χ0) is 10.4. The van der Waals surface area contributed by atoms with Crippen LogP contribution in [0.3, 0.4) is 0 Å². The molecule has 0 saturated carbocycles. The summed E-state index contributed by atoms with van der Waals surface area (Å²) in [6.07, 6.45) is 3.54. The van der Waals surface area contributed by atoms with Crippen molar-refractivity contribution in [2.75, 3.05) is 0 Å². The molecule has 0 spiro atoms. The molecule has 2 unspecified atom stereocenters. The fraction of sp³-hybridized carbons (Fsp3) is 0.917. The third-order valence-electron chi connectivity index (χ3n) is 2.76. The van der Waals surface area contributed by atoms with E-state index in [1.165, 1.54) is 12.8 Å². The van der Waals surface area contributed by atoms with Gasteiger partial charge in [-0.2, -0.15) is 0 Å². The van der Waals surface area contributed by atoms with Gasteiger partial charge in [-0.1, -0.05) is 40.5 Å². The summed E-state index contributed by atoms with van der Waals surface area (Å²) >= 11 is 0. The number of carbonyl (C=O) groups excluding carboxylic acids is 1. The molecule has 0 bridgehead atoms. The summed E-state index contributed by atoms with van der Waals surface area (Å²) in [7, 11) is 0. The van der Waals surface area contributed by atoms with Gasteiger partial charge in [0.25, 0.3) is 0 Å². The van der Waals surface area contributed by atoms with Gasteiger partial charge in [-0.3, -0.25) is 4.79 Å². The van der Waals surface area contributed by atoms with E-state index in [0.717, 1.165) is 6.42 Å². The summed E-state index contributed by atoms with van der Waals surface area (Å²) in [4.78, 5) is 11.3. The van der Waals surface area contributed by atoms with Crippen molar-refractivity contribution in [3.05, 3.63) is 0 Å². The second-order valence-corrected chi connectivity index (χ2v) is 4.59. The van der Waals surface area contributed by atoms with Crippen LogP contribution in [0.5, 0.6) is 0 Å². The minimum absolute atomic E-state index is 0.279. The maximum atomic E-state index is 11.3. The fourth-order valence-electron chi connectivity index (χ4n) is 1.95. The fourth-order valence-corrected chi connectivity index (χ4v) is 1.95. The smallest absolute Gasteiger partial charge is 0.133 e. The Morgan fingerprint density at radius 2 is 1.77 bits per heavy atom. The van der Waals surface area contributed by atoms with Crippen molar-refractivity contribution < 1.29 is 4.79 Å². The molecule has 0 N–H and O–H groups in total. The van der Waals surface area contributed by atoms with Gasteiger partial charge in [0.05, 0.1) is 0 Å². The van der Waals surface area contributed by atoms with Gasteiger partial charge >= 0.3 is 0 Å². The lowest BCUT2D eigenvalue weighted by atomic mass is 9.83. The molecule has 0 aliphatic rings. The van der Waals surface area contributed by atoms with E-state index in [1.807, 2.05) is 0 Å². The standard InChI is InChI=1S/C12H24O/c1-6-7-10(4)8-12(9(2)3)11(5)13/h9-10,12H,6-8H2,1-5H3. The van der Waals surface area contributed by atoms with Crippen molar-refractivity contribution in [3.63, 3.8) is 0 Å². The second-order valence-electron chi connectivity index (χ2n) is 4.59. The molecule has 0 aliphatic heterocycles. The molecule has 0 amide bonds. The molecule has 0 radical (unpaired) electrons. The van der Waals surface area contributed by atoms with E-state index in [1.54, 1.807) is 6.92 Å². The molecule has 78 valence electrons. The van der Waals surface area contributed by atoms with Crippen molar-refractivity contribution in [2.45, 2.75) is 53.9 Å². The van der Waals surface area contributed by atoms with Crippen LogP contribution in [0.1, 0.15) is 53.9 Å². The van der Waals surface area contributed by atoms with E-state index < -0.39 is 0 Å². The molecule has 0 aromatic heterocycles. The number of Topliss-reactive ketones (excluding diaryl/α,β-unsaturated/α-hetero) is 1. The lowest BCUT2D eigenvalue weighted by molar-refractivity contribution is -0.122. The number of hydrogen-bond acceptors (Lipinski definition) is 1. The predicted octanol–water partition coefficient (Wildman–Crippen LogP) is 3.67. The highest BCUT2D eigenvalue weighted by atomic mass is 16.1. The van der Waals surface area contributed by atoms with Crippen LogP contribution in [-0.2, 0) is 4.79 Å². The summed E-state index contributed by atoms with van der Waals surface area (Å²) in [5, 5.41) is 0. The van der Waals surface area contributed by atoms with Crippen LogP contribution < -0.4 is 0 Å². The Labute approximate surface area is 82.9 Å². The summed E-state index contributed by atoms with van der Waals surface area (Å²) in [5.41, 5.74) is 0. The van der Waals surface area contributed by atoms with Gasteiger partial charge in [-0.25, -0.2) is 0 Å². The summed E-state index contributed by atoms with van der Waals surface area (Å²) < 4.78 is 0. The van der Waals surface area contributed by atoms with Crippen LogP contribution >= 0.6 is 0 Å². The number of hydrogen-bond donors (Lipinski definition) is 0. The van der Waals surface area contributed by atoms with E-state index in [9.17, 15) is 4.79 Å². The molecule has 0 aromatic carbocycles. The van der Waals surface area contributed by atoms with Crippen molar-refractivity contribution in [1.82, 2.24) is 0 Å². The second kappa shape index (κ2) is 6.17. The maximum Gasteiger partial charge on any atom is 0.133 e. The number of ketones is 1. The molecule has 2 atom stereocenters. The third-order valence-corrected chi connectivity index (χ3v) is 2.76. The van der Waals surface area contributed by atoms with Crippen molar-refractivity contribution in [2.24, 2.45) is 17.8 Å². The van der Waals surface area contributed by atoms with E-state index >= 15 is 0 Å². The van der Waals surface area contributed by atoms with Gasteiger partial charge in [0.1, 0.15) is 5.78 Å². The van der Waals surface area contributed by atoms with Gasteiger partial charge in [-0.15, -0.1) is 0 Å². The maximum absolute atomic E-state index is 11.3. The zero-order valence-electron chi connectivity index (χ0n) is 9.76. The molecule has 0 aromatic rings. The molecule has 1 nitrogen and oxygen atoms in total. The highest BCUT2D eigenvalue weighted by Crippen LogP contribution is 2.23. The highest BCUT2D eigenvalue weighted by Gasteiger charge is 2.20. The van der Waals surface area contributed by atoms with Crippen molar-refractivity contribution in [3.8, 4) is 0 Å². The first-order chi connectivity index (χ1) is 5.99. The lowest BCUT2D eigenvalue weighted by Gasteiger charge is -2.21. The average molecular weight is 184 g/mol. The Morgan fingerprint density at radius 3 is 2.08 bits per heavy atom. The van der Waals surface area contributed by atoms with Gasteiger partial charge in [0.15, 0.2) is 0 Å². The molecule has 0 rings (SSSR count). The Kier molecular flexibility index (Phi) is 6.02. The van der Waals surface area contributed by atoms with E-state index in [0.29, 0.717) is 17.6 Å². The Balaban J connectivity index is 4.02. The molecular weight excluding hydrogens is 160 g/mol. The molecular formula is C12H24O. The van der Waals surface area contributed by atoms with Crippen LogP contribution in [-0.4, -0.2) is 5.78 Å². The first kappa shape index (κ1) is 12.7. The molecule has 1 heteroatoms. The summed E-state index contributed by atoms with van der Waals surface area (Å²) in [6.45, 7) is 10.5. The normalized spacial score (nSPS) is 15.8. The Bertz CT molecular complexity index is 149. The lowest BCUT2D eigenvalue weighted by Crippen LogP contribution is -2.20. The largest absolute Gasteiger partial charge is 0.300 e. The zero-order valence-corrected chi connectivity index (χ0v) is 9.76. The van der Waals surface area contributed by atoms with Crippen LogP contribution in [0.25, 0.3) is 0 Å².